The first-order valence-electron chi connectivity index (χ1n) is 20.5. The van der Waals surface area contributed by atoms with Crippen LogP contribution in [-0.2, 0) is 33.9 Å². The highest BCUT2D eigenvalue weighted by atomic mass is 32.2. The van der Waals surface area contributed by atoms with Gasteiger partial charge in [-0.25, -0.2) is 18.2 Å². The van der Waals surface area contributed by atoms with Crippen molar-refractivity contribution in [2.45, 2.75) is 113 Å². The van der Waals surface area contributed by atoms with Gasteiger partial charge in [-0.1, -0.05) is 0 Å². The van der Waals surface area contributed by atoms with Crippen LogP contribution in [0.1, 0.15) is 72.1 Å². The predicted molar refractivity (Wildman–Crippen MR) is 216 cm³/mol. The highest BCUT2D eigenvalue weighted by Crippen LogP contribution is 2.48. The summed E-state index contributed by atoms with van der Waals surface area (Å²) in [5.74, 6) is -2.44. The number of aromatic nitrogens is 1. The molecule has 2 saturated carbocycles. The van der Waals surface area contributed by atoms with Gasteiger partial charge in [0.2, 0.25) is 27.7 Å². The molecule has 1 aromatic heterocycles. The molecule has 0 spiro atoms. The standard InChI is InChI=1S/C42H50F3N5O11S/c1-40(2,3)61-39(54)47-32-8-6-18-58-17-5-7-26-22-41(26,38(53)49-62(55,56)30-14-15-30)48-35(51)34-21-29(23-50(34)37(32)52)59-36-31-16-13-28(57-4)19-25(31)20-33(46-36)24-9-11-27(12-10-24)60-42(43,44)45/h9-13,16,19-20,26,29-30,32,34H,5-8,14-15,17-18,21-23H2,1-4H3,(H,47,54)(H,48,51)(H,49,53)/t26-,29-,32+,34+,41-/m1/s1. The molecule has 4 amide bonds. The van der Waals surface area contributed by atoms with Gasteiger partial charge < -0.3 is 39.2 Å². The summed E-state index contributed by atoms with van der Waals surface area (Å²) < 4.78 is 94.1. The van der Waals surface area contributed by atoms with E-state index >= 15 is 0 Å². The average Bonchev–Trinajstić information content (AvgIpc) is 4.12. The van der Waals surface area contributed by atoms with E-state index in [0.29, 0.717) is 66.5 Å². The molecular formula is C42H50F3N5O11S. The normalized spacial score (nSPS) is 25.0. The monoisotopic (exact) mass is 889 g/mol. The number of pyridine rings is 1. The van der Waals surface area contributed by atoms with Crippen LogP contribution < -0.4 is 29.6 Å². The number of sulfonamides is 1. The van der Waals surface area contributed by atoms with Crippen molar-refractivity contribution in [2.24, 2.45) is 5.92 Å². The van der Waals surface area contributed by atoms with Crippen molar-refractivity contribution in [2.75, 3.05) is 26.9 Å². The highest BCUT2D eigenvalue weighted by Gasteiger charge is 2.62. The summed E-state index contributed by atoms with van der Waals surface area (Å²) in [5, 5.41) is 5.94. The number of nitrogens with one attached hydrogen (secondary N) is 3. The Labute approximate surface area is 356 Å². The summed E-state index contributed by atoms with van der Waals surface area (Å²) in [6.45, 7) is 5.42. The molecule has 2 saturated heterocycles. The summed E-state index contributed by atoms with van der Waals surface area (Å²) in [5.41, 5.74) is -1.71. The van der Waals surface area contributed by atoms with Crippen molar-refractivity contribution in [3.63, 3.8) is 0 Å². The molecular weight excluding hydrogens is 840 g/mol. The number of halogens is 3. The molecule has 0 radical (unpaired) electrons. The summed E-state index contributed by atoms with van der Waals surface area (Å²) in [7, 11) is -2.48. The fourth-order valence-electron chi connectivity index (χ4n) is 7.91. The van der Waals surface area contributed by atoms with E-state index in [1.54, 1.807) is 45.0 Å². The van der Waals surface area contributed by atoms with Crippen LogP contribution in [0, 0.1) is 5.92 Å². The number of alkyl halides is 3. The lowest BCUT2D eigenvalue weighted by Crippen LogP contribution is -2.58. The van der Waals surface area contributed by atoms with E-state index in [1.807, 2.05) is 0 Å². The maximum atomic E-state index is 14.6. The molecule has 4 fully saturated rings. The molecule has 20 heteroatoms. The Kier molecular flexibility index (Phi) is 12.6. The third-order valence-corrected chi connectivity index (χ3v) is 13.0. The summed E-state index contributed by atoms with van der Waals surface area (Å²) in [6.07, 6.45) is -4.25. The number of fused-ring (bicyclic) bond motifs is 3. The van der Waals surface area contributed by atoms with Crippen LogP contribution in [0.4, 0.5) is 18.0 Å². The van der Waals surface area contributed by atoms with Crippen molar-refractivity contribution in [1.82, 2.24) is 25.2 Å². The lowest BCUT2D eigenvalue weighted by Gasteiger charge is -2.30. The zero-order valence-corrected chi connectivity index (χ0v) is 35.5. The predicted octanol–water partition coefficient (Wildman–Crippen LogP) is 5.12. The smallest absolute Gasteiger partial charge is 0.497 e. The van der Waals surface area contributed by atoms with Crippen molar-refractivity contribution < 1.29 is 64.5 Å². The third-order valence-electron chi connectivity index (χ3n) is 11.2. The van der Waals surface area contributed by atoms with Crippen molar-refractivity contribution in [3.05, 3.63) is 48.5 Å². The molecule has 0 bridgehead atoms. The first kappa shape index (κ1) is 44.7. The number of methoxy groups -OCH3 is 1. The second-order valence-corrected chi connectivity index (χ2v) is 19.0. The zero-order chi connectivity index (χ0) is 44.6. The van der Waals surface area contributed by atoms with Crippen LogP contribution in [0.15, 0.2) is 48.5 Å². The molecule has 3 aromatic rings. The number of alkyl carbamates (subject to hydrolysis) is 1. The number of rotatable bonds is 9. The Bertz CT molecular complexity index is 2300. The molecule has 2 aliphatic carbocycles. The van der Waals surface area contributed by atoms with Crippen molar-refractivity contribution >= 4 is 44.6 Å². The van der Waals surface area contributed by atoms with Gasteiger partial charge >= 0.3 is 12.5 Å². The fraction of sp³-hybridized carbons (Fsp3) is 0.548. The first-order valence-corrected chi connectivity index (χ1v) is 22.1. The zero-order valence-electron chi connectivity index (χ0n) is 34.7. The Balaban J connectivity index is 1.22. The minimum Gasteiger partial charge on any atom is -0.497 e. The third kappa shape index (κ3) is 10.6. The van der Waals surface area contributed by atoms with E-state index in [2.05, 4.69) is 20.1 Å². The number of nitrogens with zero attached hydrogens (tertiary/aromatic N) is 2. The number of benzene rings is 2. The van der Waals surface area contributed by atoms with E-state index in [-0.39, 0.29) is 38.3 Å². The Morgan fingerprint density at radius 2 is 1.66 bits per heavy atom. The topological polar surface area (TPSA) is 201 Å². The molecule has 3 N–H and O–H groups in total. The average molecular weight is 890 g/mol. The molecule has 16 nitrogen and oxygen atoms in total. The van der Waals surface area contributed by atoms with E-state index in [9.17, 15) is 40.8 Å². The maximum absolute atomic E-state index is 14.6. The van der Waals surface area contributed by atoms with Gasteiger partial charge in [-0.2, -0.15) is 0 Å². The number of carbonyl (C=O) groups excluding carboxylic acids is 4. The Morgan fingerprint density at radius 3 is 2.32 bits per heavy atom. The molecule has 4 aliphatic rings. The molecule has 336 valence electrons. The van der Waals surface area contributed by atoms with Crippen molar-refractivity contribution in [3.8, 4) is 28.6 Å². The van der Waals surface area contributed by atoms with Crippen LogP contribution in [0.3, 0.4) is 0 Å². The van der Waals surface area contributed by atoms with Crippen LogP contribution in [-0.4, -0.2) is 110 Å². The van der Waals surface area contributed by atoms with Gasteiger partial charge in [-0.05, 0) is 126 Å². The highest BCUT2D eigenvalue weighted by molar-refractivity contribution is 7.91. The second-order valence-electron chi connectivity index (χ2n) is 17.1. The van der Waals surface area contributed by atoms with E-state index < -0.39 is 86.4 Å². The lowest BCUT2D eigenvalue weighted by molar-refractivity contribution is -0.274. The summed E-state index contributed by atoms with van der Waals surface area (Å²) in [6, 6.07) is 9.53. The van der Waals surface area contributed by atoms with Gasteiger partial charge in [0.15, 0.2) is 0 Å². The van der Waals surface area contributed by atoms with Crippen LogP contribution >= 0.6 is 0 Å². The van der Waals surface area contributed by atoms with E-state index in [1.165, 1.54) is 24.1 Å². The maximum Gasteiger partial charge on any atom is 0.573 e. The minimum atomic E-state index is -4.88. The van der Waals surface area contributed by atoms with Gasteiger partial charge in [0.25, 0.3) is 5.91 Å². The number of amides is 4. The fourth-order valence-corrected chi connectivity index (χ4v) is 9.27. The lowest BCUT2D eigenvalue weighted by atomic mass is 10.1. The largest absolute Gasteiger partial charge is 0.573 e. The van der Waals surface area contributed by atoms with Gasteiger partial charge in [-0.15, -0.1) is 13.2 Å². The molecule has 5 atom stereocenters. The number of ether oxygens (including phenoxy) is 5. The van der Waals surface area contributed by atoms with Gasteiger partial charge in [0, 0.05) is 30.6 Å². The molecule has 62 heavy (non-hydrogen) atoms. The Morgan fingerprint density at radius 1 is 0.968 bits per heavy atom. The van der Waals surface area contributed by atoms with Crippen LogP contribution in [0.25, 0.3) is 22.0 Å². The van der Waals surface area contributed by atoms with Gasteiger partial charge in [-0.3, -0.25) is 19.1 Å². The van der Waals surface area contributed by atoms with Crippen molar-refractivity contribution in [1.29, 1.82) is 0 Å². The van der Waals surface area contributed by atoms with Gasteiger partial charge in [0.1, 0.15) is 40.8 Å². The first-order chi connectivity index (χ1) is 29.2. The van der Waals surface area contributed by atoms with Crippen LogP contribution in [0.2, 0.25) is 0 Å². The Hall–Kier alpha value is -5.37. The molecule has 0 unspecified atom stereocenters. The molecule has 3 heterocycles. The molecule has 2 aromatic carbocycles. The SMILES string of the molecule is COc1ccc2c(O[C@@H]3C[C@H]4C(=O)N[C@]5(C(=O)NS(=O)(=O)C6CC6)C[C@H]5CCCOCCC[C@H](NC(=O)OC(C)(C)C)C(=O)N4C3)nc(-c3ccc(OC(F)(F)F)cc3)cc2c1. The van der Waals surface area contributed by atoms with E-state index in [0.717, 1.165) is 12.1 Å². The quantitative estimate of drug-likeness (QED) is 0.257. The summed E-state index contributed by atoms with van der Waals surface area (Å²) >= 11 is 0. The molecule has 7 rings (SSSR count). The number of hydrogen-bond acceptors (Lipinski definition) is 12. The second kappa shape index (κ2) is 17.4. The summed E-state index contributed by atoms with van der Waals surface area (Å²) in [4.78, 5) is 62.1. The van der Waals surface area contributed by atoms with Gasteiger partial charge in [0.05, 0.1) is 24.6 Å². The number of hydrogen-bond donors (Lipinski definition) is 3. The molecule has 2 aliphatic heterocycles. The van der Waals surface area contributed by atoms with Crippen LogP contribution in [0.5, 0.6) is 17.4 Å². The number of carbonyl (C=O) groups is 4. The van der Waals surface area contributed by atoms with E-state index in [4.69, 9.17) is 23.9 Å². The minimum absolute atomic E-state index is 0.0836.